The molecule has 2 aromatic heterocycles. The number of thioether (sulfide) groups is 1. The fraction of sp³-hybridized carbons (Fsp3) is 0.0556. The van der Waals surface area contributed by atoms with Gasteiger partial charge in [-0.3, -0.25) is 4.79 Å². The van der Waals surface area contributed by atoms with E-state index < -0.39 is 0 Å². The van der Waals surface area contributed by atoms with Gasteiger partial charge in [-0.15, -0.1) is 23.1 Å². The van der Waals surface area contributed by atoms with Gasteiger partial charge in [-0.25, -0.2) is 9.78 Å². The lowest BCUT2D eigenvalue weighted by molar-refractivity contribution is 0.102. The molecule has 0 atom stereocenters. The maximum atomic E-state index is 12.7. The summed E-state index contributed by atoms with van der Waals surface area (Å²) in [5.74, 6) is 0.522. The Balaban J connectivity index is 1.54. The van der Waals surface area contributed by atoms with Gasteiger partial charge in [-0.2, -0.15) is 0 Å². The first-order valence-corrected chi connectivity index (χ1v) is 9.74. The third-order valence-corrected chi connectivity index (χ3v) is 5.51. The molecular weight excluding hydrogens is 368 g/mol. The molecule has 0 saturated heterocycles. The average Bonchev–Trinajstić information content (AvgIpc) is 3.28. The van der Waals surface area contributed by atoms with Crippen LogP contribution in [-0.2, 0) is 5.75 Å². The number of hydrogen-bond donors (Lipinski definition) is 3. The van der Waals surface area contributed by atoms with Crippen LogP contribution in [0.5, 0.6) is 0 Å². The number of hydrogen-bond acceptors (Lipinski definition) is 5. The number of carbonyl (C=O) groups is 1. The lowest BCUT2D eigenvalue weighted by Gasteiger charge is -2.09. The molecule has 0 fully saturated rings. The minimum absolute atomic E-state index is 0.191. The Bertz CT molecular complexity index is 1120. The number of aromatic nitrogens is 3. The molecule has 0 aliphatic heterocycles. The zero-order valence-corrected chi connectivity index (χ0v) is 15.1. The largest absolute Gasteiger partial charge is 0.323 e. The monoisotopic (exact) mass is 382 g/mol. The summed E-state index contributed by atoms with van der Waals surface area (Å²) >= 11 is 3.14. The van der Waals surface area contributed by atoms with Gasteiger partial charge < -0.3 is 15.3 Å². The number of H-pyrrole nitrogens is 2. The Morgan fingerprint density at radius 3 is 2.85 bits per heavy atom. The molecule has 0 spiro atoms. The molecule has 0 bridgehead atoms. The molecule has 2 heterocycles. The van der Waals surface area contributed by atoms with Crippen molar-refractivity contribution >= 4 is 45.7 Å². The van der Waals surface area contributed by atoms with Gasteiger partial charge in [0.2, 0.25) is 0 Å². The van der Waals surface area contributed by atoms with Gasteiger partial charge in [0.1, 0.15) is 0 Å². The van der Waals surface area contributed by atoms with E-state index in [9.17, 15) is 9.59 Å². The summed E-state index contributed by atoms with van der Waals surface area (Å²) in [5.41, 5.74) is 5.11. The summed E-state index contributed by atoms with van der Waals surface area (Å²) in [4.78, 5) is 34.6. The molecule has 26 heavy (non-hydrogen) atoms. The van der Waals surface area contributed by atoms with E-state index >= 15 is 0 Å². The van der Waals surface area contributed by atoms with E-state index in [1.165, 1.54) is 0 Å². The minimum Gasteiger partial charge on any atom is -0.322 e. The lowest BCUT2D eigenvalue weighted by atomic mass is 10.2. The van der Waals surface area contributed by atoms with Crippen molar-refractivity contribution in [2.45, 2.75) is 10.6 Å². The molecule has 0 radical (unpaired) electrons. The van der Waals surface area contributed by atoms with Crippen LogP contribution >= 0.6 is 23.1 Å². The van der Waals surface area contributed by atoms with Gasteiger partial charge in [0, 0.05) is 21.7 Å². The quantitative estimate of drug-likeness (QED) is 0.457. The van der Waals surface area contributed by atoms with Gasteiger partial charge in [-0.05, 0) is 30.3 Å². The summed E-state index contributed by atoms with van der Waals surface area (Å²) in [7, 11) is 0. The van der Waals surface area contributed by atoms with Gasteiger partial charge in [0.05, 0.1) is 27.8 Å². The number of carbonyl (C=O) groups excluding carboxylic acids is 1. The number of rotatable bonds is 5. The van der Waals surface area contributed by atoms with E-state index in [1.807, 2.05) is 23.6 Å². The van der Waals surface area contributed by atoms with E-state index in [0.717, 1.165) is 10.6 Å². The molecule has 0 unspecified atom stereocenters. The van der Waals surface area contributed by atoms with Gasteiger partial charge in [-0.1, -0.05) is 12.1 Å². The molecule has 4 aromatic rings. The first-order chi connectivity index (χ1) is 12.7. The molecule has 6 nitrogen and oxygen atoms in total. The number of benzene rings is 2. The van der Waals surface area contributed by atoms with Gasteiger partial charge in [0.15, 0.2) is 0 Å². The van der Waals surface area contributed by atoms with Crippen molar-refractivity contribution in [3.8, 4) is 0 Å². The maximum absolute atomic E-state index is 12.7. The highest BCUT2D eigenvalue weighted by Crippen LogP contribution is 2.27. The predicted octanol–water partition coefficient (Wildman–Crippen LogP) is 3.86. The first kappa shape index (κ1) is 16.6. The summed E-state index contributed by atoms with van der Waals surface area (Å²) in [6.45, 7) is 0. The Kier molecular flexibility index (Phi) is 4.59. The SMILES string of the molecule is O=C(Nc1ccc2[nH]c(=O)[nH]c2c1)c1ccccc1SCc1cscn1. The number of aromatic amines is 2. The summed E-state index contributed by atoms with van der Waals surface area (Å²) in [6, 6.07) is 12.7. The number of anilines is 1. The zero-order chi connectivity index (χ0) is 17.9. The van der Waals surface area contributed by atoms with Crippen LogP contribution in [0.1, 0.15) is 16.1 Å². The van der Waals surface area contributed by atoms with Crippen LogP contribution in [0.3, 0.4) is 0 Å². The third kappa shape index (κ3) is 3.56. The third-order valence-electron chi connectivity index (χ3n) is 3.76. The van der Waals surface area contributed by atoms with E-state index in [1.54, 1.807) is 52.9 Å². The molecule has 4 rings (SSSR count). The van der Waals surface area contributed by atoms with Crippen LogP contribution in [0.2, 0.25) is 0 Å². The van der Waals surface area contributed by atoms with Crippen molar-refractivity contribution in [3.63, 3.8) is 0 Å². The van der Waals surface area contributed by atoms with E-state index in [-0.39, 0.29) is 11.6 Å². The molecule has 8 heteroatoms. The zero-order valence-electron chi connectivity index (χ0n) is 13.5. The lowest BCUT2D eigenvalue weighted by Crippen LogP contribution is -2.13. The molecule has 0 saturated carbocycles. The van der Waals surface area contributed by atoms with Crippen LogP contribution in [-0.4, -0.2) is 20.9 Å². The predicted molar refractivity (Wildman–Crippen MR) is 105 cm³/mol. The second-order valence-electron chi connectivity index (χ2n) is 5.56. The average molecular weight is 382 g/mol. The number of imidazole rings is 1. The highest BCUT2D eigenvalue weighted by atomic mass is 32.2. The Labute approximate surface area is 156 Å². The molecule has 1 amide bonds. The number of amides is 1. The molecule has 2 aromatic carbocycles. The summed E-state index contributed by atoms with van der Waals surface area (Å²) in [6.07, 6.45) is 0. The van der Waals surface area contributed by atoms with E-state index in [0.29, 0.717) is 28.0 Å². The number of fused-ring (bicyclic) bond motifs is 1. The van der Waals surface area contributed by atoms with Crippen molar-refractivity contribution in [1.82, 2.24) is 15.0 Å². The number of nitrogens with zero attached hydrogens (tertiary/aromatic N) is 1. The topological polar surface area (TPSA) is 90.6 Å². The fourth-order valence-electron chi connectivity index (χ4n) is 2.55. The van der Waals surface area contributed by atoms with Gasteiger partial charge >= 0.3 is 5.69 Å². The van der Waals surface area contributed by atoms with Gasteiger partial charge in [0.25, 0.3) is 5.91 Å². The van der Waals surface area contributed by atoms with Crippen LogP contribution in [0.4, 0.5) is 5.69 Å². The second-order valence-corrected chi connectivity index (χ2v) is 7.29. The van der Waals surface area contributed by atoms with Crippen LogP contribution < -0.4 is 11.0 Å². The van der Waals surface area contributed by atoms with E-state index in [2.05, 4.69) is 20.3 Å². The molecule has 3 N–H and O–H groups in total. The highest BCUT2D eigenvalue weighted by molar-refractivity contribution is 7.98. The van der Waals surface area contributed by atoms with Crippen LogP contribution in [0.25, 0.3) is 11.0 Å². The Morgan fingerprint density at radius 2 is 2.00 bits per heavy atom. The normalized spacial score (nSPS) is 10.9. The maximum Gasteiger partial charge on any atom is 0.323 e. The molecular formula is C18H14N4O2S2. The first-order valence-electron chi connectivity index (χ1n) is 7.81. The second kappa shape index (κ2) is 7.19. The van der Waals surface area contributed by atoms with Crippen molar-refractivity contribution in [1.29, 1.82) is 0 Å². The van der Waals surface area contributed by atoms with Crippen molar-refractivity contribution in [3.05, 3.63) is 75.1 Å². The Hall–Kier alpha value is -2.84. The summed E-state index contributed by atoms with van der Waals surface area (Å²) in [5, 5.41) is 4.89. The van der Waals surface area contributed by atoms with Crippen LogP contribution in [0, 0.1) is 0 Å². The van der Waals surface area contributed by atoms with Crippen molar-refractivity contribution in [2.75, 3.05) is 5.32 Å². The van der Waals surface area contributed by atoms with Crippen LogP contribution in [0.15, 0.2) is 63.0 Å². The molecule has 0 aliphatic carbocycles. The van der Waals surface area contributed by atoms with E-state index in [4.69, 9.17) is 0 Å². The molecule has 130 valence electrons. The van der Waals surface area contributed by atoms with Crippen molar-refractivity contribution < 1.29 is 4.79 Å². The van der Waals surface area contributed by atoms with Crippen molar-refractivity contribution in [2.24, 2.45) is 0 Å². The summed E-state index contributed by atoms with van der Waals surface area (Å²) < 4.78 is 0. The highest BCUT2D eigenvalue weighted by Gasteiger charge is 2.12. The Morgan fingerprint density at radius 1 is 1.15 bits per heavy atom. The molecule has 0 aliphatic rings. The number of thiazole rings is 1. The standard InChI is InChI=1S/C18H14N4O2S2/c23-17(20-11-5-6-14-15(7-11)22-18(24)21-14)13-3-1-2-4-16(13)26-9-12-8-25-10-19-12/h1-8,10H,9H2,(H,20,23)(H2,21,22,24). The fourth-order valence-corrected chi connectivity index (χ4v) is 4.17. The minimum atomic E-state index is -0.271. The number of nitrogens with one attached hydrogen (secondary N) is 3. The smallest absolute Gasteiger partial charge is 0.322 e.